The molecule has 3 aromatic rings. The molecule has 0 atom stereocenters. The van der Waals surface area contributed by atoms with Crippen LogP contribution in [0.4, 0.5) is 0 Å². The molecule has 0 radical (unpaired) electrons. The van der Waals surface area contributed by atoms with Crippen LogP contribution in [0.2, 0.25) is 5.02 Å². The van der Waals surface area contributed by atoms with E-state index in [-0.39, 0.29) is 23.6 Å². The molecule has 7 nitrogen and oxygen atoms in total. The Morgan fingerprint density at radius 3 is 2.66 bits per heavy atom. The molecule has 0 aliphatic heterocycles. The van der Waals surface area contributed by atoms with Crippen molar-refractivity contribution in [3.8, 4) is 0 Å². The van der Waals surface area contributed by atoms with Crippen molar-refractivity contribution >= 4 is 44.3 Å². The summed E-state index contributed by atoms with van der Waals surface area (Å²) in [5.41, 5.74) is 2.01. The Morgan fingerprint density at radius 1 is 1.14 bits per heavy atom. The molecule has 0 spiro atoms. The number of aryl methyl sites for hydroxylation is 1. The fourth-order valence-corrected chi connectivity index (χ4v) is 4.26. The van der Waals surface area contributed by atoms with Crippen molar-refractivity contribution in [3.63, 3.8) is 0 Å². The van der Waals surface area contributed by atoms with Crippen molar-refractivity contribution in [1.82, 2.24) is 9.71 Å². The number of H-pyrrole nitrogens is 1. The molecule has 0 aliphatic carbocycles. The summed E-state index contributed by atoms with van der Waals surface area (Å²) in [6.45, 7) is 1.20. The SMILES string of the molecule is Cc1[nH]c2ccccc2c1C(=O)COC(=O)CCNS(=O)(=O)c1cccc(Cl)c1. The molecule has 1 aromatic heterocycles. The minimum Gasteiger partial charge on any atom is -0.457 e. The average molecular weight is 435 g/mol. The van der Waals surface area contributed by atoms with Gasteiger partial charge in [-0.15, -0.1) is 0 Å². The number of sulfonamides is 1. The van der Waals surface area contributed by atoms with Crippen LogP contribution in [0.25, 0.3) is 10.9 Å². The van der Waals surface area contributed by atoms with Gasteiger partial charge >= 0.3 is 5.97 Å². The molecule has 0 bridgehead atoms. The van der Waals surface area contributed by atoms with E-state index in [1.54, 1.807) is 13.0 Å². The molecule has 2 aromatic carbocycles. The van der Waals surface area contributed by atoms with Gasteiger partial charge in [-0.05, 0) is 31.2 Å². The van der Waals surface area contributed by atoms with Gasteiger partial charge in [0, 0.05) is 33.7 Å². The Kier molecular flexibility index (Phi) is 6.36. The number of nitrogens with one attached hydrogen (secondary N) is 2. The highest BCUT2D eigenvalue weighted by atomic mass is 35.5. The van der Waals surface area contributed by atoms with Gasteiger partial charge in [0.1, 0.15) is 0 Å². The second-order valence-electron chi connectivity index (χ2n) is 6.36. The Hall–Kier alpha value is -2.68. The Bertz CT molecular complexity index is 1170. The van der Waals surface area contributed by atoms with Crippen molar-refractivity contribution in [2.24, 2.45) is 0 Å². The lowest BCUT2D eigenvalue weighted by Crippen LogP contribution is -2.27. The number of rotatable bonds is 8. The highest BCUT2D eigenvalue weighted by Gasteiger charge is 2.18. The van der Waals surface area contributed by atoms with E-state index >= 15 is 0 Å². The third kappa shape index (κ3) is 5.03. The van der Waals surface area contributed by atoms with Crippen LogP contribution in [0, 0.1) is 6.92 Å². The number of aromatic amines is 1. The van der Waals surface area contributed by atoms with Gasteiger partial charge in [0.15, 0.2) is 6.61 Å². The summed E-state index contributed by atoms with van der Waals surface area (Å²) in [6, 6.07) is 13.1. The molecular formula is C20H19ClN2O5S. The Balaban J connectivity index is 1.52. The predicted octanol–water partition coefficient (Wildman–Crippen LogP) is 3.22. The number of ether oxygens (including phenoxy) is 1. The van der Waals surface area contributed by atoms with E-state index in [9.17, 15) is 18.0 Å². The van der Waals surface area contributed by atoms with E-state index < -0.39 is 22.6 Å². The number of benzene rings is 2. The van der Waals surface area contributed by atoms with Crippen LogP contribution < -0.4 is 4.72 Å². The first-order valence-electron chi connectivity index (χ1n) is 8.79. The molecule has 0 aliphatic rings. The zero-order valence-corrected chi connectivity index (χ0v) is 17.1. The summed E-state index contributed by atoms with van der Waals surface area (Å²) in [5.74, 6) is -1.00. The van der Waals surface area contributed by atoms with Crippen molar-refractivity contribution in [1.29, 1.82) is 0 Å². The maximum Gasteiger partial charge on any atom is 0.307 e. The van der Waals surface area contributed by atoms with Crippen LogP contribution in [0.15, 0.2) is 53.4 Å². The lowest BCUT2D eigenvalue weighted by atomic mass is 10.1. The second-order valence-corrected chi connectivity index (χ2v) is 8.56. The number of hydrogen-bond donors (Lipinski definition) is 2. The average Bonchev–Trinajstić information content (AvgIpc) is 3.01. The minimum absolute atomic E-state index is 0.00311. The molecule has 2 N–H and O–H groups in total. The molecule has 3 rings (SSSR count). The number of Topliss-reactive ketones (excluding diaryl/α,β-unsaturated/α-hetero) is 1. The number of ketones is 1. The number of halogens is 1. The number of carbonyl (C=O) groups excluding carboxylic acids is 2. The van der Waals surface area contributed by atoms with Gasteiger partial charge in [-0.1, -0.05) is 35.9 Å². The minimum atomic E-state index is -3.79. The lowest BCUT2D eigenvalue weighted by Gasteiger charge is -2.07. The second kappa shape index (κ2) is 8.77. The summed E-state index contributed by atoms with van der Waals surface area (Å²) in [6.07, 6.45) is -0.208. The Morgan fingerprint density at radius 2 is 1.90 bits per heavy atom. The maximum atomic E-state index is 12.5. The molecule has 0 fully saturated rings. The number of para-hydroxylation sites is 1. The van der Waals surface area contributed by atoms with Gasteiger partial charge in [0.2, 0.25) is 15.8 Å². The van der Waals surface area contributed by atoms with E-state index in [1.807, 2.05) is 24.3 Å². The first-order chi connectivity index (χ1) is 13.8. The fourth-order valence-electron chi connectivity index (χ4n) is 2.93. The monoisotopic (exact) mass is 434 g/mol. The maximum absolute atomic E-state index is 12.5. The van der Waals surface area contributed by atoms with Crippen LogP contribution in [-0.4, -0.2) is 38.3 Å². The first-order valence-corrected chi connectivity index (χ1v) is 10.7. The smallest absolute Gasteiger partial charge is 0.307 e. The summed E-state index contributed by atoms with van der Waals surface area (Å²) < 4.78 is 31.7. The number of fused-ring (bicyclic) bond motifs is 1. The summed E-state index contributed by atoms with van der Waals surface area (Å²) in [5, 5.41) is 1.05. The number of aromatic nitrogens is 1. The summed E-state index contributed by atoms with van der Waals surface area (Å²) in [7, 11) is -3.79. The van der Waals surface area contributed by atoms with Gasteiger partial charge in [-0.25, -0.2) is 13.1 Å². The number of esters is 1. The van der Waals surface area contributed by atoms with Gasteiger partial charge in [-0.2, -0.15) is 0 Å². The normalized spacial score (nSPS) is 11.5. The van der Waals surface area contributed by atoms with Crippen LogP contribution in [0.5, 0.6) is 0 Å². The van der Waals surface area contributed by atoms with Crippen LogP contribution in [0.3, 0.4) is 0 Å². The van der Waals surface area contributed by atoms with Crippen LogP contribution >= 0.6 is 11.6 Å². The van der Waals surface area contributed by atoms with Crippen molar-refractivity contribution in [2.45, 2.75) is 18.2 Å². The molecule has 0 saturated carbocycles. The third-order valence-electron chi connectivity index (χ3n) is 4.26. The van der Waals surface area contributed by atoms with E-state index in [0.29, 0.717) is 16.3 Å². The molecule has 0 saturated heterocycles. The first kappa shape index (κ1) is 21.0. The van der Waals surface area contributed by atoms with Crippen LogP contribution in [0.1, 0.15) is 22.5 Å². The lowest BCUT2D eigenvalue weighted by molar-refractivity contribution is -0.142. The molecular weight excluding hydrogens is 416 g/mol. The fraction of sp³-hybridized carbons (Fsp3) is 0.200. The zero-order chi connectivity index (χ0) is 21.0. The third-order valence-corrected chi connectivity index (χ3v) is 5.96. The molecule has 0 amide bonds. The standard InChI is InChI=1S/C20H19ClN2O5S/c1-13-20(16-7-2-3-8-17(16)23-13)18(24)12-28-19(25)9-10-22-29(26,27)15-6-4-5-14(21)11-15/h2-8,11,22-23H,9-10,12H2,1H3. The topological polar surface area (TPSA) is 105 Å². The van der Waals surface area contributed by atoms with E-state index in [1.165, 1.54) is 18.2 Å². The predicted molar refractivity (Wildman–Crippen MR) is 110 cm³/mol. The highest BCUT2D eigenvalue weighted by molar-refractivity contribution is 7.89. The molecule has 152 valence electrons. The summed E-state index contributed by atoms with van der Waals surface area (Å²) in [4.78, 5) is 27.5. The number of hydrogen-bond acceptors (Lipinski definition) is 5. The molecule has 9 heteroatoms. The van der Waals surface area contributed by atoms with Gasteiger partial charge in [0.05, 0.1) is 11.3 Å². The van der Waals surface area contributed by atoms with Crippen LogP contribution in [-0.2, 0) is 19.6 Å². The molecule has 1 heterocycles. The van der Waals surface area contributed by atoms with Crippen molar-refractivity contribution in [2.75, 3.05) is 13.2 Å². The molecule has 0 unspecified atom stereocenters. The summed E-state index contributed by atoms with van der Waals surface area (Å²) >= 11 is 5.80. The largest absolute Gasteiger partial charge is 0.457 e. The zero-order valence-electron chi connectivity index (χ0n) is 15.6. The van der Waals surface area contributed by atoms with Crippen molar-refractivity contribution in [3.05, 3.63) is 64.8 Å². The Labute approximate surface area is 173 Å². The van der Waals surface area contributed by atoms with E-state index in [4.69, 9.17) is 16.3 Å². The van der Waals surface area contributed by atoms with Crippen molar-refractivity contribution < 1.29 is 22.7 Å². The quantitative estimate of drug-likeness (QED) is 0.418. The van der Waals surface area contributed by atoms with Gasteiger partial charge in [-0.3, -0.25) is 9.59 Å². The van der Waals surface area contributed by atoms with Gasteiger partial charge < -0.3 is 9.72 Å². The number of carbonyl (C=O) groups is 2. The van der Waals surface area contributed by atoms with E-state index in [2.05, 4.69) is 9.71 Å². The molecule has 29 heavy (non-hydrogen) atoms. The van der Waals surface area contributed by atoms with E-state index in [0.717, 1.165) is 10.9 Å². The highest BCUT2D eigenvalue weighted by Crippen LogP contribution is 2.22. The van der Waals surface area contributed by atoms with Gasteiger partial charge in [0.25, 0.3) is 0 Å².